The van der Waals surface area contributed by atoms with Crippen molar-refractivity contribution in [2.75, 3.05) is 5.73 Å². The molecule has 0 spiro atoms. The SMILES string of the molecule is Nc1ncnc2c1c(C(=O)[O-])nn2C1CCC(F)(F)CC1. The number of nitrogen functional groups attached to an aromatic ring is 1. The van der Waals surface area contributed by atoms with E-state index in [1.807, 2.05) is 0 Å². The minimum absolute atomic E-state index is 0.0217. The van der Waals surface area contributed by atoms with Crippen LogP contribution in [-0.2, 0) is 0 Å². The maximum absolute atomic E-state index is 13.2. The first-order valence-corrected chi connectivity index (χ1v) is 6.47. The Balaban J connectivity index is 2.08. The number of aromatic nitrogens is 4. The number of nitrogens with two attached hydrogens (primary N) is 1. The van der Waals surface area contributed by atoms with Gasteiger partial charge in [-0.15, -0.1) is 0 Å². The molecule has 112 valence electrons. The van der Waals surface area contributed by atoms with E-state index in [9.17, 15) is 18.7 Å². The van der Waals surface area contributed by atoms with E-state index in [1.54, 1.807) is 0 Å². The Morgan fingerprint density at radius 1 is 1.38 bits per heavy atom. The number of halogens is 2. The third-order valence-electron chi connectivity index (χ3n) is 3.74. The maximum Gasteiger partial charge on any atom is 0.248 e. The van der Waals surface area contributed by atoms with Crippen molar-refractivity contribution < 1.29 is 18.7 Å². The van der Waals surface area contributed by atoms with Gasteiger partial charge in [-0.05, 0) is 12.8 Å². The molecule has 2 N–H and O–H groups in total. The molecule has 0 aromatic carbocycles. The van der Waals surface area contributed by atoms with Crippen LogP contribution in [0, 0.1) is 0 Å². The number of anilines is 1. The van der Waals surface area contributed by atoms with Gasteiger partial charge in [0.15, 0.2) is 5.65 Å². The number of carboxylic acids is 1. The summed E-state index contributed by atoms with van der Waals surface area (Å²) in [6.07, 6.45) is 1.05. The predicted octanol–water partition coefficient (Wildman–Crippen LogP) is 0.522. The molecule has 0 aliphatic heterocycles. The molecule has 2 aromatic rings. The molecule has 0 radical (unpaired) electrons. The molecule has 2 aromatic heterocycles. The molecule has 3 rings (SSSR count). The number of carbonyl (C=O) groups is 1. The minimum atomic E-state index is -2.68. The Morgan fingerprint density at radius 2 is 2.05 bits per heavy atom. The molecule has 1 aliphatic rings. The highest BCUT2D eigenvalue weighted by Gasteiger charge is 2.36. The fourth-order valence-corrected chi connectivity index (χ4v) is 2.66. The zero-order valence-corrected chi connectivity index (χ0v) is 10.9. The van der Waals surface area contributed by atoms with Crippen LogP contribution in [0.2, 0.25) is 0 Å². The van der Waals surface area contributed by atoms with E-state index in [-0.39, 0.29) is 54.3 Å². The number of hydrogen-bond acceptors (Lipinski definition) is 6. The molecule has 7 nitrogen and oxygen atoms in total. The molecule has 0 atom stereocenters. The highest BCUT2D eigenvalue weighted by atomic mass is 19.3. The summed E-state index contributed by atoms with van der Waals surface area (Å²) in [5.41, 5.74) is 5.54. The maximum atomic E-state index is 13.2. The van der Waals surface area contributed by atoms with Crippen molar-refractivity contribution in [3.63, 3.8) is 0 Å². The third-order valence-corrected chi connectivity index (χ3v) is 3.74. The van der Waals surface area contributed by atoms with Gasteiger partial charge in [0.1, 0.15) is 17.8 Å². The lowest BCUT2D eigenvalue weighted by Crippen LogP contribution is -2.27. The molecule has 0 bridgehead atoms. The smallest absolute Gasteiger partial charge is 0.248 e. The first-order valence-electron chi connectivity index (χ1n) is 6.47. The van der Waals surface area contributed by atoms with Gasteiger partial charge in [-0.2, -0.15) is 5.10 Å². The second-order valence-corrected chi connectivity index (χ2v) is 5.13. The molecule has 1 saturated carbocycles. The summed E-state index contributed by atoms with van der Waals surface area (Å²) in [4.78, 5) is 18.9. The second kappa shape index (κ2) is 4.61. The van der Waals surface area contributed by atoms with Crippen LogP contribution in [0.1, 0.15) is 42.2 Å². The molecule has 2 heterocycles. The lowest BCUT2D eigenvalue weighted by Gasteiger charge is -2.28. The average molecular weight is 296 g/mol. The van der Waals surface area contributed by atoms with Crippen molar-refractivity contribution in [3.8, 4) is 0 Å². The van der Waals surface area contributed by atoms with Gasteiger partial charge in [-0.3, -0.25) is 0 Å². The van der Waals surface area contributed by atoms with Crippen LogP contribution >= 0.6 is 0 Å². The molecule has 21 heavy (non-hydrogen) atoms. The molecule has 9 heteroatoms. The van der Waals surface area contributed by atoms with Gasteiger partial charge in [-0.25, -0.2) is 23.4 Å². The normalized spacial score (nSPS) is 19.0. The summed E-state index contributed by atoms with van der Waals surface area (Å²) < 4.78 is 27.8. The van der Waals surface area contributed by atoms with Gasteiger partial charge in [0.2, 0.25) is 5.92 Å². The Morgan fingerprint density at radius 3 is 2.67 bits per heavy atom. The first-order chi connectivity index (χ1) is 9.89. The number of fused-ring (bicyclic) bond motifs is 1. The van der Waals surface area contributed by atoms with Gasteiger partial charge in [0, 0.05) is 12.8 Å². The van der Waals surface area contributed by atoms with Crippen molar-refractivity contribution in [3.05, 3.63) is 12.0 Å². The Hall–Kier alpha value is -2.32. The first kappa shape index (κ1) is 13.7. The van der Waals surface area contributed by atoms with E-state index >= 15 is 0 Å². The summed E-state index contributed by atoms with van der Waals surface area (Å²) >= 11 is 0. The van der Waals surface area contributed by atoms with Crippen molar-refractivity contribution in [2.45, 2.75) is 37.6 Å². The van der Waals surface area contributed by atoms with Crippen molar-refractivity contribution in [2.24, 2.45) is 0 Å². The van der Waals surface area contributed by atoms with Crippen molar-refractivity contribution in [1.29, 1.82) is 0 Å². The van der Waals surface area contributed by atoms with Gasteiger partial charge < -0.3 is 15.6 Å². The number of alkyl halides is 2. The summed E-state index contributed by atoms with van der Waals surface area (Å²) in [5, 5.41) is 15.2. The lowest BCUT2D eigenvalue weighted by molar-refractivity contribution is -0.255. The van der Waals surface area contributed by atoms with Crippen LogP contribution < -0.4 is 10.8 Å². The Bertz CT molecular complexity index is 705. The number of hydrogen-bond donors (Lipinski definition) is 1. The third kappa shape index (κ3) is 2.28. The van der Waals surface area contributed by atoms with Crippen molar-refractivity contribution in [1.82, 2.24) is 19.7 Å². The minimum Gasteiger partial charge on any atom is -0.543 e. The van der Waals surface area contributed by atoms with E-state index in [1.165, 1.54) is 11.0 Å². The summed E-state index contributed by atoms with van der Waals surface area (Å²) in [7, 11) is 0. The fourth-order valence-electron chi connectivity index (χ4n) is 2.66. The summed E-state index contributed by atoms with van der Waals surface area (Å²) in [6, 6.07) is -0.338. The highest BCUT2D eigenvalue weighted by molar-refractivity contribution is 6.03. The van der Waals surface area contributed by atoms with Crippen LogP contribution in [0.5, 0.6) is 0 Å². The molecule has 1 aliphatic carbocycles. The Labute approximate surface area is 117 Å². The Kier molecular flexibility index (Phi) is 2.99. The van der Waals surface area contributed by atoms with Crippen LogP contribution in [0.3, 0.4) is 0 Å². The number of aromatic carboxylic acids is 1. The van der Waals surface area contributed by atoms with Crippen LogP contribution in [0.15, 0.2) is 6.33 Å². The van der Waals surface area contributed by atoms with E-state index in [2.05, 4.69) is 15.1 Å². The molecular formula is C12H12F2N5O2-. The topological polar surface area (TPSA) is 110 Å². The average Bonchev–Trinajstić information content (AvgIpc) is 2.80. The second-order valence-electron chi connectivity index (χ2n) is 5.13. The van der Waals surface area contributed by atoms with E-state index < -0.39 is 11.9 Å². The van der Waals surface area contributed by atoms with E-state index in [0.717, 1.165) is 0 Å². The quantitative estimate of drug-likeness (QED) is 0.865. The number of carbonyl (C=O) groups excluding carboxylic acids is 1. The molecule has 0 unspecified atom stereocenters. The number of rotatable bonds is 2. The number of carboxylic acid groups (broad SMARTS) is 1. The van der Waals surface area contributed by atoms with E-state index in [0.29, 0.717) is 0 Å². The monoisotopic (exact) mass is 296 g/mol. The van der Waals surface area contributed by atoms with E-state index in [4.69, 9.17) is 5.73 Å². The zero-order chi connectivity index (χ0) is 15.2. The van der Waals surface area contributed by atoms with Crippen LogP contribution in [-0.4, -0.2) is 31.6 Å². The molecule has 1 fully saturated rings. The largest absolute Gasteiger partial charge is 0.543 e. The van der Waals surface area contributed by atoms with Gasteiger partial charge >= 0.3 is 0 Å². The van der Waals surface area contributed by atoms with Gasteiger partial charge in [-0.1, -0.05) is 0 Å². The standard InChI is InChI=1S/C12H13F2N5O2/c13-12(14)3-1-6(2-4-12)19-10-7(8(18-19)11(20)21)9(15)16-5-17-10/h5-6H,1-4H2,(H,20,21)(H2,15,16,17)/p-1. The lowest BCUT2D eigenvalue weighted by atomic mass is 9.92. The van der Waals surface area contributed by atoms with Gasteiger partial charge in [0.05, 0.1) is 17.4 Å². The summed E-state index contributed by atoms with van der Waals surface area (Å²) in [6.45, 7) is 0. The zero-order valence-electron chi connectivity index (χ0n) is 10.9. The molecular weight excluding hydrogens is 284 g/mol. The molecule has 0 amide bonds. The predicted molar refractivity (Wildman–Crippen MR) is 66.5 cm³/mol. The van der Waals surface area contributed by atoms with Crippen molar-refractivity contribution >= 4 is 22.8 Å². The number of nitrogens with zero attached hydrogens (tertiary/aromatic N) is 4. The van der Waals surface area contributed by atoms with Crippen LogP contribution in [0.4, 0.5) is 14.6 Å². The fraction of sp³-hybridized carbons (Fsp3) is 0.500. The van der Waals surface area contributed by atoms with Gasteiger partial charge in [0.25, 0.3) is 0 Å². The molecule has 0 saturated heterocycles. The highest BCUT2D eigenvalue weighted by Crippen LogP contribution is 2.39. The summed E-state index contributed by atoms with van der Waals surface area (Å²) in [5.74, 6) is -4.20. The van der Waals surface area contributed by atoms with Crippen LogP contribution in [0.25, 0.3) is 11.0 Å².